The highest BCUT2D eigenvalue weighted by atomic mass is 16.4. The van der Waals surface area contributed by atoms with Crippen molar-refractivity contribution >= 4 is 18.0 Å². The van der Waals surface area contributed by atoms with Crippen LogP contribution in [-0.2, 0) is 16.0 Å². The number of aryl methyl sites for hydroxylation is 1. The van der Waals surface area contributed by atoms with Gasteiger partial charge < -0.3 is 10.4 Å². The summed E-state index contributed by atoms with van der Waals surface area (Å²) in [4.78, 5) is 22.2. The van der Waals surface area contributed by atoms with Gasteiger partial charge in [0.25, 0.3) is 0 Å². The van der Waals surface area contributed by atoms with E-state index in [1.807, 2.05) is 24.3 Å². The van der Waals surface area contributed by atoms with E-state index in [9.17, 15) is 14.7 Å². The molecule has 0 fully saturated rings. The second-order valence-corrected chi connectivity index (χ2v) is 4.67. The zero-order valence-electron chi connectivity index (χ0n) is 12.3. The molecule has 0 saturated carbocycles. The molecule has 0 aliphatic rings. The van der Waals surface area contributed by atoms with E-state index in [1.165, 1.54) is 11.6 Å². The van der Waals surface area contributed by atoms with Gasteiger partial charge in [0.15, 0.2) is 0 Å². The molecule has 1 aromatic rings. The van der Waals surface area contributed by atoms with E-state index < -0.39 is 5.97 Å². The second-order valence-electron chi connectivity index (χ2n) is 4.67. The van der Waals surface area contributed by atoms with E-state index in [-0.39, 0.29) is 5.91 Å². The molecule has 2 N–H and O–H groups in total. The maximum atomic E-state index is 11.2. The summed E-state index contributed by atoms with van der Waals surface area (Å²) in [5.74, 6) is -1.17. The molecule has 1 rings (SSSR count). The van der Waals surface area contributed by atoms with Gasteiger partial charge in [-0.3, -0.25) is 4.79 Å². The van der Waals surface area contributed by atoms with Crippen LogP contribution in [0.2, 0.25) is 0 Å². The fourth-order valence-electron chi connectivity index (χ4n) is 1.85. The van der Waals surface area contributed by atoms with Gasteiger partial charge in [-0.25, -0.2) is 4.79 Å². The quantitative estimate of drug-likeness (QED) is 0.570. The van der Waals surface area contributed by atoms with Gasteiger partial charge in [-0.15, -0.1) is 0 Å². The van der Waals surface area contributed by atoms with Crippen molar-refractivity contribution in [3.8, 4) is 0 Å². The van der Waals surface area contributed by atoms with Crippen LogP contribution in [0.15, 0.2) is 42.5 Å². The molecule has 0 aliphatic heterocycles. The Morgan fingerprint density at radius 1 is 1.29 bits per heavy atom. The molecule has 0 saturated heterocycles. The van der Waals surface area contributed by atoms with Gasteiger partial charge >= 0.3 is 5.97 Å². The molecule has 0 bridgehead atoms. The van der Waals surface area contributed by atoms with E-state index in [2.05, 4.69) is 18.8 Å². The van der Waals surface area contributed by atoms with Gasteiger partial charge in [0.05, 0.1) is 0 Å². The number of amides is 1. The van der Waals surface area contributed by atoms with Crippen molar-refractivity contribution in [2.24, 2.45) is 0 Å². The maximum absolute atomic E-state index is 11.2. The highest BCUT2D eigenvalue weighted by Crippen LogP contribution is 2.13. The number of rotatable bonds is 8. The Kier molecular flexibility index (Phi) is 6.95. The summed E-state index contributed by atoms with van der Waals surface area (Å²) in [5.41, 5.74) is 2.43. The lowest BCUT2D eigenvalue weighted by Gasteiger charge is -2.05. The minimum Gasteiger partial charge on any atom is -0.478 e. The zero-order valence-corrected chi connectivity index (χ0v) is 12.3. The first-order valence-electron chi connectivity index (χ1n) is 7.00. The number of carboxylic acid groups (broad SMARTS) is 1. The standard InChI is InChI=1S/C17H21NO3/c1-3-13-7-9-14(10-8-13)12-15(17(20)21)6-5-11-18-16(19)4-2/h4,7-10,12H,2-3,5-6,11H2,1H3,(H,18,19)(H,20,21)/b15-12+. The van der Waals surface area contributed by atoms with E-state index in [1.54, 1.807) is 6.08 Å². The van der Waals surface area contributed by atoms with Crippen LogP contribution >= 0.6 is 0 Å². The van der Waals surface area contributed by atoms with Crippen molar-refractivity contribution < 1.29 is 14.7 Å². The lowest BCUT2D eigenvalue weighted by molar-refractivity contribution is -0.132. The van der Waals surface area contributed by atoms with Gasteiger partial charge in [0, 0.05) is 12.1 Å². The third-order valence-electron chi connectivity index (χ3n) is 3.11. The minimum absolute atomic E-state index is 0.244. The Bertz CT molecular complexity index is 529. The number of carbonyl (C=O) groups is 2. The fourth-order valence-corrected chi connectivity index (χ4v) is 1.85. The molecule has 21 heavy (non-hydrogen) atoms. The first-order valence-corrected chi connectivity index (χ1v) is 7.00. The van der Waals surface area contributed by atoms with Crippen LogP contribution in [-0.4, -0.2) is 23.5 Å². The summed E-state index contributed by atoms with van der Waals surface area (Å²) in [6.45, 7) is 5.86. The zero-order chi connectivity index (χ0) is 15.7. The van der Waals surface area contributed by atoms with Crippen LogP contribution in [0.25, 0.3) is 6.08 Å². The van der Waals surface area contributed by atoms with Crippen LogP contribution in [0, 0.1) is 0 Å². The molecule has 112 valence electrons. The van der Waals surface area contributed by atoms with Crippen LogP contribution < -0.4 is 5.32 Å². The summed E-state index contributed by atoms with van der Waals surface area (Å²) in [6, 6.07) is 7.83. The number of carbonyl (C=O) groups excluding carboxylic acids is 1. The van der Waals surface area contributed by atoms with Crippen molar-refractivity contribution in [1.82, 2.24) is 5.32 Å². The molecule has 0 atom stereocenters. The highest BCUT2D eigenvalue weighted by molar-refractivity contribution is 5.92. The molecule has 0 radical (unpaired) electrons. The Morgan fingerprint density at radius 2 is 1.95 bits per heavy atom. The summed E-state index contributed by atoms with van der Waals surface area (Å²) in [7, 11) is 0. The third-order valence-corrected chi connectivity index (χ3v) is 3.11. The van der Waals surface area contributed by atoms with Crippen LogP contribution in [0.3, 0.4) is 0 Å². The van der Waals surface area contributed by atoms with Crippen LogP contribution in [0.1, 0.15) is 30.9 Å². The van der Waals surface area contributed by atoms with Crippen molar-refractivity contribution in [2.75, 3.05) is 6.54 Å². The Morgan fingerprint density at radius 3 is 2.48 bits per heavy atom. The van der Waals surface area contributed by atoms with Gasteiger partial charge in [-0.2, -0.15) is 0 Å². The molecule has 1 aromatic carbocycles. The maximum Gasteiger partial charge on any atom is 0.331 e. The number of benzene rings is 1. The van der Waals surface area contributed by atoms with Gasteiger partial charge in [-0.1, -0.05) is 37.8 Å². The summed E-state index contributed by atoms with van der Waals surface area (Å²) in [6.07, 6.45) is 4.81. The largest absolute Gasteiger partial charge is 0.478 e. The smallest absolute Gasteiger partial charge is 0.331 e. The van der Waals surface area contributed by atoms with Crippen molar-refractivity contribution in [1.29, 1.82) is 0 Å². The number of hydrogen-bond acceptors (Lipinski definition) is 2. The molecule has 0 aliphatic carbocycles. The minimum atomic E-state index is -0.926. The monoisotopic (exact) mass is 287 g/mol. The Balaban J connectivity index is 2.63. The molecule has 1 amide bonds. The SMILES string of the molecule is C=CC(=O)NCCC/C(=C\c1ccc(CC)cc1)C(=O)O. The number of aliphatic carboxylic acids is 1. The molecule has 0 heterocycles. The molecule has 4 heteroatoms. The Hall–Kier alpha value is -2.36. The lowest BCUT2D eigenvalue weighted by atomic mass is 10.0. The predicted molar refractivity (Wildman–Crippen MR) is 83.9 cm³/mol. The average Bonchev–Trinajstić information content (AvgIpc) is 2.50. The van der Waals surface area contributed by atoms with Crippen molar-refractivity contribution in [2.45, 2.75) is 26.2 Å². The first-order chi connectivity index (χ1) is 10.1. The van der Waals surface area contributed by atoms with E-state index in [0.29, 0.717) is 25.0 Å². The van der Waals surface area contributed by atoms with Gasteiger partial charge in [-0.05, 0) is 42.5 Å². The first kappa shape index (κ1) is 16.7. The molecule has 0 aromatic heterocycles. The fraction of sp³-hybridized carbons (Fsp3) is 0.294. The lowest BCUT2D eigenvalue weighted by Crippen LogP contribution is -2.22. The average molecular weight is 287 g/mol. The normalized spacial score (nSPS) is 11.0. The third kappa shape index (κ3) is 6.08. The molecule has 4 nitrogen and oxygen atoms in total. The highest BCUT2D eigenvalue weighted by Gasteiger charge is 2.07. The number of carboxylic acids is 1. The van der Waals surface area contributed by atoms with Crippen LogP contribution in [0.5, 0.6) is 0 Å². The van der Waals surface area contributed by atoms with E-state index >= 15 is 0 Å². The Labute approximate surface area is 125 Å². The van der Waals surface area contributed by atoms with Gasteiger partial charge in [0.2, 0.25) is 5.91 Å². The predicted octanol–water partition coefficient (Wildman–Crippen LogP) is 2.80. The van der Waals surface area contributed by atoms with Crippen molar-refractivity contribution in [3.63, 3.8) is 0 Å². The number of nitrogens with one attached hydrogen (secondary N) is 1. The summed E-state index contributed by atoms with van der Waals surface area (Å²) in [5, 5.41) is 11.8. The molecule has 0 spiro atoms. The van der Waals surface area contributed by atoms with E-state index in [0.717, 1.165) is 12.0 Å². The molecular formula is C17H21NO3. The summed E-state index contributed by atoms with van der Waals surface area (Å²) >= 11 is 0. The second kappa shape index (κ2) is 8.74. The van der Waals surface area contributed by atoms with E-state index in [4.69, 9.17) is 0 Å². The number of hydrogen-bond donors (Lipinski definition) is 2. The van der Waals surface area contributed by atoms with Gasteiger partial charge in [0.1, 0.15) is 0 Å². The van der Waals surface area contributed by atoms with Crippen molar-refractivity contribution in [3.05, 3.63) is 53.6 Å². The molecule has 0 unspecified atom stereocenters. The van der Waals surface area contributed by atoms with Crippen LogP contribution in [0.4, 0.5) is 0 Å². The molecular weight excluding hydrogens is 266 g/mol. The topological polar surface area (TPSA) is 66.4 Å². The summed E-state index contributed by atoms with van der Waals surface area (Å²) < 4.78 is 0.